The molecule has 2 aliphatic rings. The topological polar surface area (TPSA) is 50.8 Å². The Morgan fingerprint density at radius 2 is 2.11 bits per heavy atom. The van der Waals surface area contributed by atoms with Crippen molar-refractivity contribution >= 4 is 5.91 Å². The number of ether oxygens (including phenoxy) is 2. The molecular weight excluding hydrogens is 244 g/mol. The lowest BCUT2D eigenvalue weighted by molar-refractivity contribution is -0.148. The molecule has 0 spiro atoms. The van der Waals surface area contributed by atoms with Gasteiger partial charge in [0.05, 0.1) is 37.9 Å². The largest absolute Gasteiger partial charge is 0.379 e. The van der Waals surface area contributed by atoms with Gasteiger partial charge in [0.2, 0.25) is 5.91 Å². The highest BCUT2D eigenvalue weighted by molar-refractivity contribution is 5.80. The van der Waals surface area contributed by atoms with E-state index in [1.54, 1.807) is 0 Å². The molecule has 5 nitrogen and oxygen atoms in total. The van der Waals surface area contributed by atoms with Crippen LogP contribution in [0.15, 0.2) is 0 Å². The summed E-state index contributed by atoms with van der Waals surface area (Å²) in [4.78, 5) is 14.6. The summed E-state index contributed by atoms with van der Waals surface area (Å²) in [5.41, 5.74) is 0. The number of hydrogen-bond acceptors (Lipinski definition) is 4. The number of carbonyl (C=O) groups is 1. The van der Waals surface area contributed by atoms with E-state index in [0.29, 0.717) is 26.4 Å². The second-order valence-electron chi connectivity index (χ2n) is 5.69. The maximum Gasteiger partial charge on any atom is 0.230 e. The summed E-state index contributed by atoms with van der Waals surface area (Å²) in [7, 11) is 0. The van der Waals surface area contributed by atoms with E-state index in [2.05, 4.69) is 12.2 Å². The van der Waals surface area contributed by atoms with Crippen molar-refractivity contribution in [3.05, 3.63) is 0 Å². The van der Waals surface area contributed by atoms with Gasteiger partial charge in [0.25, 0.3) is 0 Å². The molecule has 1 amide bonds. The molecule has 2 rings (SSSR count). The highest BCUT2D eigenvalue weighted by atomic mass is 16.5. The van der Waals surface area contributed by atoms with Crippen molar-refractivity contribution < 1.29 is 14.3 Å². The minimum absolute atomic E-state index is 0.0423. The van der Waals surface area contributed by atoms with Gasteiger partial charge >= 0.3 is 0 Å². The lowest BCUT2D eigenvalue weighted by Gasteiger charge is -2.38. The molecule has 2 heterocycles. The number of carbonyl (C=O) groups excluding carboxylic acids is 1. The van der Waals surface area contributed by atoms with Crippen LogP contribution in [-0.4, -0.2) is 61.9 Å². The second kappa shape index (κ2) is 6.68. The lowest BCUT2D eigenvalue weighted by Crippen LogP contribution is -2.54. The van der Waals surface area contributed by atoms with Crippen LogP contribution in [0.25, 0.3) is 0 Å². The third-order valence-corrected chi connectivity index (χ3v) is 3.95. The van der Waals surface area contributed by atoms with Gasteiger partial charge in [0.1, 0.15) is 0 Å². The minimum atomic E-state index is -0.0423. The number of morpholine rings is 1. The van der Waals surface area contributed by atoms with Crippen LogP contribution in [0.1, 0.15) is 27.2 Å². The molecule has 4 unspecified atom stereocenters. The van der Waals surface area contributed by atoms with E-state index >= 15 is 0 Å². The van der Waals surface area contributed by atoms with E-state index in [0.717, 1.165) is 13.0 Å². The highest BCUT2D eigenvalue weighted by Crippen LogP contribution is 2.21. The van der Waals surface area contributed by atoms with Crippen molar-refractivity contribution in [1.82, 2.24) is 10.2 Å². The van der Waals surface area contributed by atoms with Crippen LogP contribution in [0.5, 0.6) is 0 Å². The Bertz CT molecular complexity index is 311. The smallest absolute Gasteiger partial charge is 0.230 e. The van der Waals surface area contributed by atoms with Crippen LogP contribution in [-0.2, 0) is 14.3 Å². The predicted octanol–water partition coefficient (Wildman–Crippen LogP) is 0.637. The molecule has 1 N–H and O–H groups in total. The summed E-state index contributed by atoms with van der Waals surface area (Å²) < 4.78 is 11.1. The fourth-order valence-corrected chi connectivity index (χ4v) is 2.75. The van der Waals surface area contributed by atoms with Crippen molar-refractivity contribution in [3.8, 4) is 0 Å². The normalized spacial score (nSPS) is 35.6. The van der Waals surface area contributed by atoms with Crippen molar-refractivity contribution in [1.29, 1.82) is 0 Å². The van der Waals surface area contributed by atoms with E-state index in [1.165, 1.54) is 0 Å². The zero-order valence-electron chi connectivity index (χ0n) is 12.2. The van der Waals surface area contributed by atoms with Gasteiger partial charge in [0.15, 0.2) is 0 Å². The van der Waals surface area contributed by atoms with Crippen LogP contribution in [0.2, 0.25) is 0 Å². The Morgan fingerprint density at radius 1 is 1.32 bits per heavy atom. The molecule has 4 atom stereocenters. The van der Waals surface area contributed by atoms with Crippen molar-refractivity contribution in [2.45, 2.75) is 45.4 Å². The quantitative estimate of drug-likeness (QED) is 0.814. The highest BCUT2D eigenvalue weighted by Gasteiger charge is 2.39. The van der Waals surface area contributed by atoms with Crippen LogP contribution in [0, 0.1) is 5.92 Å². The summed E-state index contributed by atoms with van der Waals surface area (Å²) in [5, 5.41) is 3.42. The van der Waals surface area contributed by atoms with Crippen LogP contribution < -0.4 is 5.32 Å². The van der Waals surface area contributed by atoms with Crippen molar-refractivity contribution in [3.63, 3.8) is 0 Å². The Morgan fingerprint density at radius 3 is 2.84 bits per heavy atom. The lowest BCUT2D eigenvalue weighted by atomic mass is 10.00. The summed E-state index contributed by atoms with van der Waals surface area (Å²) in [6.45, 7) is 9.64. The molecule has 2 aliphatic heterocycles. The molecule has 0 aliphatic carbocycles. The molecule has 0 aromatic carbocycles. The maximum absolute atomic E-state index is 12.7. The van der Waals surface area contributed by atoms with E-state index in [4.69, 9.17) is 9.47 Å². The molecule has 5 heteroatoms. The summed E-state index contributed by atoms with van der Waals surface area (Å²) in [5.74, 6) is 0.174. The van der Waals surface area contributed by atoms with Gasteiger partial charge in [-0.1, -0.05) is 6.92 Å². The first-order chi connectivity index (χ1) is 9.13. The molecule has 0 radical (unpaired) electrons. The van der Waals surface area contributed by atoms with Gasteiger partial charge in [-0.3, -0.25) is 4.79 Å². The molecule has 0 aromatic heterocycles. The molecule has 2 fully saturated rings. The first-order valence-electron chi connectivity index (χ1n) is 7.36. The Labute approximate surface area is 115 Å². The number of nitrogens with zero attached hydrogens (tertiary/aromatic N) is 1. The Hall–Kier alpha value is -0.650. The fraction of sp³-hybridized carbons (Fsp3) is 0.929. The average Bonchev–Trinajstić information content (AvgIpc) is 2.86. The molecule has 19 heavy (non-hydrogen) atoms. The number of hydrogen-bond donors (Lipinski definition) is 1. The first kappa shape index (κ1) is 14.8. The molecule has 110 valence electrons. The van der Waals surface area contributed by atoms with Gasteiger partial charge in [-0.05, 0) is 26.8 Å². The monoisotopic (exact) mass is 270 g/mol. The van der Waals surface area contributed by atoms with Gasteiger partial charge in [-0.2, -0.15) is 0 Å². The molecule has 0 aromatic rings. The summed E-state index contributed by atoms with van der Waals surface area (Å²) in [6.07, 6.45) is 1.20. The molecule has 0 bridgehead atoms. The van der Waals surface area contributed by atoms with Crippen molar-refractivity contribution in [2.75, 3.05) is 32.9 Å². The third-order valence-electron chi connectivity index (χ3n) is 3.95. The molecular formula is C14H26N2O3. The van der Waals surface area contributed by atoms with E-state index < -0.39 is 0 Å². The average molecular weight is 270 g/mol. The van der Waals surface area contributed by atoms with Crippen LogP contribution >= 0.6 is 0 Å². The Kier molecular flexibility index (Phi) is 5.19. The van der Waals surface area contributed by atoms with Gasteiger partial charge in [-0.25, -0.2) is 0 Å². The molecule has 2 saturated heterocycles. The van der Waals surface area contributed by atoms with Crippen LogP contribution in [0.4, 0.5) is 0 Å². The van der Waals surface area contributed by atoms with E-state index in [1.807, 2.05) is 18.7 Å². The zero-order valence-corrected chi connectivity index (χ0v) is 12.2. The number of rotatable bonds is 4. The third kappa shape index (κ3) is 3.46. The number of nitrogens with one attached hydrogen (secondary N) is 1. The Balaban J connectivity index is 1.97. The maximum atomic E-state index is 12.7. The summed E-state index contributed by atoms with van der Waals surface area (Å²) >= 11 is 0. The van der Waals surface area contributed by atoms with Gasteiger partial charge in [0, 0.05) is 12.6 Å². The number of amides is 1. The van der Waals surface area contributed by atoms with E-state index in [9.17, 15) is 4.79 Å². The standard InChI is InChI=1S/C14H26N2O3/c1-4-5-15-13-9-18-8-12(13)14(17)16-6-11(3)19-7-10(16)2/h10-13,15H,4-9H2,1-3H3. The predicted molar refractivity (Wildman–Crippen MR) is 73.0 cm³/mol. The fourth-order valence-electron chi connectivity index (χ4n) is 2.75. The second-order valence-corrected chi connectivity index (χ2v) is 5.69. The minimum Gasteiger partial charge on any atom is -0.379 e. The zero-order chi connectivity index (χ0) is 13.8. The van der Waals surface area contributed by atoms with E-state index in [-0.39, 0.29) is 30.0 Å². The first-order valence-corrected chi connectivity index (χ1v) is 7.36. The van der Waals surface area contributed by atoms with Gasteiger partial charge in [-0.15, -0.1) is 0 Å². The van der Waals surface area contributed by atoms with Gasteiger partial charge < -0.3 is 19.7 Å². The summed E-state index contributed by atoms with van der Waals surface area (Å²) in [6, 6.07) is 0.328. The SMILES string of the molecule is CCCNC1COCC1C(=O)N1CC(C)OCC1C. The van der Waals surface area contributed by atoms with Crippen molar-refractivity contribution in [2.24, 2.45) is 5.92 Å². The molecule has 0 saturated carbocycles. The van der Waals surface area contributed by atoms with Crippen LogP contribution in [0.3, 0.4) is 0 Å².